The molecular weight excluding hydrogens is 254 g/mol. The molecule has 2 heterocycles. The molecule has 6 heteroatoms. The van der Waals surface area contributed by atoms with Crippen LogP contribution in [0.4, 0.5) is 0 Å². The smallest absolute Gasteiger partial charge is 0.339 e. The molecule has 0 spiro atoms. The zero-order chi connectivity index (χ0) is 13.4. The highest BCUT2D eigenvalue weighted by Gasteiger charge is 2.18. The van der Waals surface area contributed by atoms with Gasteiger partial charge in [-0.2, -0.15) is 5.10 Å². The van der Waals surface area contributed by atoms with Crippen LogP contribution >= 0.6 is 11.6 Å². The molecule has 0 amide bonds. The van der Waals surface area contributed by atoms with Crippen LogP contribution in [-0.2, 0) is 0 Å². The summed E-state index contributed by atoms with van der Waals surface area (Å²) in [5.74, 6) is -0.817. The highest BCUT2D eigenvalue weighted by molar-refractivity contribution is 6.29. The van der Waals surface area contributed by atoms with Crippen LogP contribution in [0.15, 0.2) is 12.1 Å². The quantitative estimate of drug-likeness (QED) is 0.848. The Morgan fingerprint density at radius 2 is 2.00 bits per heavy atom. The van der Waals surface area contributed by atoms with Crippen molar-refractivity contribution in [3.63, 3.8) is 0 Å². The van der Waals surface area contributed by atoms with Gasteiger partial charge in [0.05, 0.1) is 5.69 Å². The predicted molar refractivity (Wildman–Crippen MR) is 67.5 cm³/mol. The number of aromatic carboxylic acids is 1. The van der Waals surface area contributed by atoms with E-state index in [1.54, 1.807) is 0 Å². The Morgan fingerprint density at radius 1 is 1.33 bits per heavy atom. The first-order chi connectivity index (χ1) is 8.41. The first-order valence-electron chi connectivity index (χ1n) is 5.35. The number of halogens is 1. The predicted octanol–water partition coefficient (Wildman–Crippen LogP) is 2.54. The third-order valence-corrected chi connectivity index (χ3v) is 3.14. The van der Waals surface area contributed by atoms with Crippen LogP contribution in [0.3, 0.4) is 0 Å². The Kier molecular flexibility index (Phi) is 3.09. The number of aromatic nitrogens is 3. The summed E-state index contributed by atoms with van der Waals surface area (Å²) in [5, 5.41) is 13.7. The minimum atomic E-state index is -1.06. The van der Waals surface area contributed by atoms with Crippen molar-refractivity contribution in [2.45, 2.75) is 20.8 Å². The number of pyridine rings is 1. The highest BCUT2D eigenvalue weighted by Crippen LogP contribution is 2.20. The molecule has 0 radical (unpaired) electrons. The number of hydrogen-bond donors (Lipinski definition) is 1. The van der Waals surface area contributed by atoms with Crippen LogP contribution in [0.5, 0.6) is 0 Å². The minimum absolute atomic E-state index is 0.0741. The van der Waals surface area contributed by atoms with E-state index in [0.717, 1.165) is 17.0 Å². The molecular formula is C12H12ClN3O2. The summed E-state index contributed by atoms with van der Waals surface area (Å²) in [6, 6.07) is 2.88. The van der Waals surface area contributed by atoms with E-state index in [1.807, 2.05) is 20.8 Å². The number of rotatable bonds is 2. The van der Waals surface area contributed by atoms with E-state index in [-0.39, 0.29) is 16.5 Å². The van der Waals surface area contributed by atoms with E-state index in [9.17, 15) is 4.79 Å². The number of nitrogens with zero attached hydrogens (tertiary/aromatic N) is 3. The summed E-state index contributed by atoms with van der Waals surface area (Å²) in [5.41, 5.74) is 2.77. The Balaban J connectivity index is 2.73. The second kappa shape index (κ2) is 4.42. The summed E-state index contributed by atoms with van der Waals surface area (Å²) < 4.78 is 1.51. The largest absolute Gasteiger partial charge is 0.478 e. The Labute approximate surface area is 109 Å². The van der Waals surface area contributed by atoms with Gasteiger partial charge in [-0.05, 0) is 38.5 Å². The molecule has 0 saturated carbocycles. The molecule has 18 heavy (non-hydrogen) atoms. The van der Waals surface area contributed by atoms with Crippen molar-refractivity contribution in [3.8, 4) is 5.82 Å². The van der Waals surface area contributed by atoms with Crippen molar-refractivity contribution in [3.05, 3.63) is 39.8 Å². The van der Waals surface area contributed by atoms with Gasteiger partial charge in [-0.3, -0.25) is 0 Å². The molecule has 2 aromatic heterocycles. The van der Waals surface area contributed by atoms with Gasteiger partial charge in [0.25, 0.3) is 0 Å². The summed E-state index contributed by atoms with van der Waals surface area (Å²) >= 11 is 5.83. The number of carboxylic acid groups (broad SMARTS) is 1. The number of carboxylic acids is 1. The van der Waals surface area contributed by atoms with Gasteiger partial charge < -0.3 is 5.11 Å². The van der Waals surface area contributed by atoms with Crippen molar-refractivity contribution in [1.82, 2.24) is 14.8 Å². The Bertz CT molecular complexity index is 634. The average molecular weight is 266 g/mol. The number of aryl methyl sites for hydroxylation is 1. The zero-order valence-electron chi connectivity index (χ0n) is 10.2. The molecule has 2 aromatic rings. The van der Waals surface area contributed by atoms with E-state index < -0.39 is 5.97 Å². The third kappa shape index (κ3) is 1.97. The molecule has 5 nitrogen and oxygen atoms in total. The average Bonchev–Trinajstić information content (AvgIpc) is 2.56. The van der Waals surface area contributed by atoms with Crippen LogP contribution in [-0.4, -0.2) is 25.8 Å². The Hall–Kier alpha value is -1.88. The van der Waals surface area contributed by atoms with Gasteiger partial charge in [0.2, 0.25) is 0 Å². The van der Waals surface area contributed by atoms with Crippen molar-refractivity contribution < 1.29 is 9.90 Å². The van der Waals surface area contributed by atoms with Crippen molar-refractivity contribution in [2.24, 2.45) is 0 Å². The molecule has 0 aromatic carbocycles. The van der Waals surface area contributed by atoms with Crippen molar-refractivity contribution in [2.75, 3.05) is 0 Å². The molecule has 0 atom stereocenters. The lowest BCUT2D eigenvalue weighted by Crippen LogP contribution is -2.10. The van der Waals surface area contributed by atoms with Crippen molar-refractivity contribution >= 4 is 17.6 Å². The third-order valence-electron chi connectivity index (χ3n) is 2.93. The van der Waals surface area contributed by atoms with Crippen LogP contribution in [0.25, 0.3) is 5.82 Å². The SMILES string of the molecule is Cc1nn(-c2nc(Cl)ccc2C(=O)O)c(C)c1C. The number of carbonyl (C=O) groups is 1. The first kappa shape index (κ1) is 12.6. The van der Waals surface area contributed by atoms with Crippen LogP contribution in [0.2, 0.25) is 5.15 Å². The highest BCUT2D eigenvalue weighted by atomic mass is 35.5. The molecule has 0 bridgehead atoms. The summed E-state index contributed by atoms with van der Waals surface area (Å²) in [7, 11) is 0. The second-order valence-electron chi connectivity index (χ2n) is 4.02. The summed E-state index contributed by atoms with van der Waals surface area (Å²) in [6.07, 6.45) is 0. The van der Waals surface area contributed by atoms with Gasteiger partial charge in [0.15, 0.2) is 5.82 Å². The molecule has 2 rings (SSSR count). The van der Waals surface area contributed by atoms with Gasteiger partial charge in [-0.15, -0.1) is 0 Å². The maximum Gasteiger partial charge on any atom is 0.339 e. The lowest BCUT2D eigenvalue weighted by Gasteiger charge is -2.07. The van der Waals surface area contributed by atoms with E-state index in [2.05, 4.69) is 10.1 Å². The molecule has 94 valence electrons. The second-order valence-corrected chi connectivity index (χ2v) is 4.41. The standard InChI is InChI=1S/C12H12ClN3O2/c1-6-7(2)15-16(8(6)3)11-9(12(17)18)4-5-10(13)14-11/h4-5H,1-3H3,(H,17,18). The molecule has 0 saturated heterocycles. The van der Waals surface area contributed by atoms with E-state index >= 15 is 0 Å². The van der Waals surface area contributed by atoms with Crippen LogP contribution in [0, 0.1) is 20.8 Å². The maximum atomic E-state index is 11.2. The lowest BCUT2D eigenvalue weighted by molar-refractivity contribution is 0.0696. The van der Waals surface area contributed by atoms with Crippen molar-refractivity contribution in [1.29, 1.82) is 0 Å². The van der Waals surface area contributed by atoms with Crippen LogP contribution in [0.1, 0.15) is 27.3 Å². The normalized spacial score (nSPS) is 10.7. The van der Waals surface area contributed by atoms with Gasteiger partial charge in [-0.25, -0.2) is 14.5 Å². The summed E-state index contributed by atoms with van der Waals surface area (Å²) in [4.78, 5) is 15.3. The molecule has 1 N–H and O–H groups in total. The fraction of sp³-hybridized carbons (Fsp3) is 0.250. The molecule has 0 unspecified atom stereocenters. The van der Waals surface area contributed by atoms with Crippen LogP contribution < -0.4 is 0 Å². The topological polar surface area (TPSA) is 68.0 Å². The van der Waals surface area contributed by atoms with Gasteiger partial charge in [0, 0.05) is 5.69 Å². The molecule has 0 aliphatic rings. The van der Waals surface area contributed by atoms with Gasteiger partial charge in [-0.1, -0.05) is 11.6 Å². The van der Waals surface area contributed by atoms with E-state index in [4.69, 9.17) is 16.7 Å². The van der Waals surface area contributed by atoms with Gasteiger partial charge >= 0.3 is 5.97 Å². The fourth-order valence-corrected chi connectivity index (χ4v) is 1.82. The summed E-state index contributed by atoms with van der Waals surface area (Å²) in [6.45, 7) is 5.66. The Morgan fingerprint density at radius 3 is 2.50 bits per heavy atom. The minimum Gasteiger partial charge on any atom is -0.478 e. The number of hydrogen-bond acceptors (Lipinski definition) is 3. The fourth-order valence-electron chi connectivity index (χ4n) is 1.68. The first-order valence-corrected chi connectivity index (χ1v) is 5.72. The van der Waals surface area contributed by atoms with E-state index in [0.29, 0.717) is 0 Å². The molecule has 0 aliphatic carbocycles. The van der Waals surface area contributed by atoms with E-state index in [1.165, 1.54) is 16.8 Å². The lowest BCUT2D eigenvalue weighted by atomic mass is 10.2. The maximum absolute atomic E-state index is 11.2. The molecule has 0 aliphatic heterocycles. The van der Waals surface area contributed by atoms with Gasteiger partial charge in [0.1, 0.15) is 10.7 Å². The zero-order valence-corrected chi connectivity index (χ0v) is 11.0. The monoisotopic (exact) mass is 265 g/mol. The molecule has 0 fully saturated rings.